The van der Waals surface area contributed by atoms with Gasteiger partial charge in [-0.25, -0.2) is 9.78 Å². The first-order chi connectivity index (χ1) is 13.3. The molecule has 2 aliphatic rings. The SMILES string of the molecule is CCOC(=O)C(=O)c1c(Cl)ncc(Br)c1N1CCC(C)(CC2CCC2C)CC1. The van der Waals surface area contributed by atoms with Gasteiger partial charge in [-0.15, -0.1) is 0 Å². The van der Waals surface area contributed by atoms with Gasteiger partial charge in [0.2, 0.25) is 0 Å². The van der Waals surface area contributed by atoms with Crippen molar-refractivity contribution >= 4 is 45.0 Å². The number of ether oxygens (including phenoxy) is 1. The quantitative estimate of drug-likeness (QED) is 0.244. The van der Waals surface area contributed by atoms with Crippen LogP contribution in [0.4, 0.5) is 5.69 Å². The summed E-state index contributed by atoms with van der Waals surface area (Å²) < 4.78 is 5.56. The number of Topliss-reactive ketones (excluding diaryl/α,β-unsaturated/α-hetero) is 1. The van der Waals surface area contributed by atoms with E-state index in [4.69, 9.17) is 16.3 Å². The maximum Gasteiger partial charge on any atom is 0.379 e. The highest BCUT2D eigenvalue weighted by molar-refractivity contribution is 9.10. The van der Waals surface area contributed by atoms with Gasteiger partial charge in [-0.3, -0.25) is 4.79 Å². The zero-order valence-corrected chi connectivity index (χ0v) is 19.1. The summed E-state index contributed by atoms with van der Waals surface area (Å²) >= 11 is 9.74. The Hall–Kier alpha value is -1.14. The molecule has 2 unspecified atom stereocenters. The molecule has 0 N–H and O–H groups in total. The van der Waals surface area contributed by atoms with E-state index in [9.17, 15) is 9.59 Å². The van der Waals surface area contributed by atoms with Crippen molar-refractivity contribution in [1.29, 1.82) is 0 Å². The average molecular weight is 472 g/mol. The first kappa shape index (κ1) is 21.6. The summed E-state index contributed by atoms with van der Waals surface area (Å²) in [5.41, 5.74) is 1.10. The number of esters is 1. The standard InChI is InChI=1S/C21H28BrClN2O3/c1-4-28-20(27)18(26)16-17(15(22)12-24-19(16)23)25-9-7-21(3,8-10-25)11-14-6-5-13(14)2/h12-14H,4-11H2,1-3H3. The minimum absolute atomic E-state index is 0.0351. The topological polar surface area (TPSA) is 59.5 Å². The molecule has 0 spiro atoms. The Morgan fingerprint density at radius 2 is 2.04 bits per heavy atom. The lowest BCUT2D eigenvalue weighted by atomic mass is 9.64. The lowest BCUT2D eigenvalue weighted by molar-refractivity contribution is -0.137. The minimum Gasteiger partial charge on any atom is -0.460 e. The zero-order valence-electron chi connectivity index (χ0n) is 16.8. The number of halogens is 2. The monoisotopic (exact) mass is 470 g/mol. The predicted molar refractivity (Wildman–Crippen MR) is 114 cm³/mol. The van der Waals surface area contributed by atoms with E-state index in [1.807, 2.05) is 0 Å². The third-order valence-electron chi connectivity index (χ3n) is 6.49. The summed E-state index contributed by atoms with van der Waals surface area (Å²) in [6, 6.07) is 0. The number of piperidine rings is 1. The van der Waals surface area contributed by atoms with Crippen LogP contribution in [-0.2, 0) is 9.53 Å². The van der Waals surface area contributed by atoms with Crippen molar-refractivity contribution in [3.63, 3.8) is 0 Å². The largest absolute Gasteiger partial charge is 0.460 e. The molecule has 1 aliphatic carbocycles. The molecule has 28 heavy (non-hydrogen) atoms. The summed E-state index contributed by atoms with van der Waals surface area (Å²) in [6.45, 7) is 8.19. The summed E-state index contributed by atoms with van der Waals surface area (Å²) in [6.07, 6.45) is 7.67. The molecular formula is C21H28BrClN2O3. The van der Waals surface area contributed by atoms with E-state index in [1.165, 1.54) is 19.3 Å². The van der Waals surface area contributed by atoms with Gasteiger partial charge in [-0.2, -0.15) is 0 Å². The van der Waals surface area contributed by atoms with E-state index < -0.39 is 11.8 Å². The molecule has 2 heterocycles. The first-order valence-corrected chi connectivity index (χ1v) is 11.2. The van der Waals surface area contributed by atoms with Crippen LogP contribution in [0.15, 0.2) is 10.7 Å². The van der Waals surface area contributed by atoms with Crippen LogP contribution in [0.2, 0.25) is 5.15 Å². The van der Waals surface area contributed by atoms with Gasteiger partial charge in [-0.1, -0.05) is 31.9 Å². The number of pyridine rings is 1. The van der Waals surface area contributed by atoms with Gasteiger partial charge in [0.25, 0.3) is 5.78 Å². The third-order valence-corrected chi connectivity index (χ3v) is 7.35. The van der Waals surface area contributed by atoms with Crippen molar-refractivity contribution in [2.24, 2.45) is 17.3 Å². The lowest BCUT2D eigenvalue weighted by Gasteiger charge is -2.46. The molecule has 154 valence electrons. The highest BCUT2D eigenvalue weighted by Crippen LogP contribution is 2.47. The fourth-order valence-corrected chi connectivity index (χ4v) is 5.19. The van der Waals surface area contributed by atoms with Crippen molar-refractivity contribution < 1.29 is 14.3 Å². The number of nitrogens with zero attached hydrogens (tertiary/aromatic N) is 2. The molecule has 1 saturated carbocycles. The van der Waals surface area contributed by atoms with E-state index in [0.717, 1.165) is 37.8 Å². The van der Waals surface area contributed by atoms with Crippen molar-refractivity contribution in [3.8, 4) is 0 Å². The predicted octanol–water partition coefficient (Wildman–Crippen LogP) is 5.29. The highest BCUT2D eigenvalue weighted by Gasteiger charge is 2.38. The lowest BCUT2D eigenvalue weighted by Crippen LogP contribution is -2.42. The van der Waals surface area contributed by atoms with Gasteiger partial charge in [0.15, 0.2) is 0 Å². The fourth-order valence-electron chi connectivity index (χ4n) is 4.41. The number of hydrogen-bond acceptors (Lipinski definition) is 5. The van der Waals surface area contributed by atoms with E-state index in [1.54, 1.807) is 13.1 Å². The van der Waals surface area contributed by atoms with E-state index in [0.29, 0.717) is 15.6 Å². The maximum absolute atomic E-state index is 12.7. The molecule has 1 aromatic heterocycles. The van der Waals surface area contributed by atoms with E-state index in [2.05, 4.69) is 39.7 Å². The Labute approximate surface area is 180 Å². The molecule has 0 amide bonds. The molecular weight excluding hydrogens is 444 g/mol. The second kappa shape index (κ2) is 8.70. The van der Waals surface area contributed by atoms with Crippen molar-refractivity contribution in [1.82, 2.24) is 4.98 Å². The van der Waals surface area contributed by atoms with E-state index >= 15 is 0 Å². The fraction of sp³-hybridized carbons (Fsp3) is 0.667. The number of carbonyl (C=O) groups is 2. The molecule has 2 fully saturated rings. The molecule has 7 heteroatoms. The Morgan fingerprint density at radius 3 is 2.57 bits per heavy atom. The Kier molecular flexibility index (Phi) is 6.70. The zero-order chi connectivity index (χ0) is 20.5. The van der Waals surface area contributed by atoms with Gasteiger partial charge in [0.1, 0.15) is 5.15 Å². The maximum atomic E-state index is 12.7. The minimum atomic E-state index is -0.897. The summed E-state index contributed by atoms with van der Waals surface area (Å²) in [5.74, 6) is 0.0510. The Balaban J connectivity index is 1.79. The second-order valence-electron chi connectivity index (χ2n) is 8.49. The van der Waals surface area contributed by atoms with Gasteiger partial charge in [0, 0.05) is 19.3 Å². The first-order valence-electron chi connectivity index (χ1n) is 10.1. The Bertz CT molecular complexity index is 762. The summed E-state index contributed by atoms with van der Waals surface area (Å²) in [4.78, 5) is 30.9. The van der Waals surface area contributed by atoms with Crippen LogP contribution in [0.3, 0.4) is 0 Å². The van der Waals surface area contributed by atoms with Crippen LogP contribution in [0.5, 0.6) is 0 Å². The number of carbonyl (C=O) groups excluding carboxylic acids is 2. The molecule has 1 aliphatic heterocycles. The van der Waals surface area contributed by atoms with Crippen LogP contribution < -0.4 is 4.90 Å². The third kappa shape index (κ3) is 4.38. The molecule has 5 nitrogen and oxygen atoms in total. The molecule has 0 aromatic carbocycles. The molecule has 1 aromatic rings. The van der Waals surface area contributed by atoms with Crippen molar-refractivity contribution in [2.75, 3.05) is 24.6 Å². The smallest absolute Gasteiger partial charge is 0.379 e. The number of rotatable bonds is 6. The normalized spacial score (nSPS) is 23.8. The summed E-state index contributed by atoms with van der Waals surface area (Å²) in [5, 5.41) is 0.0351. The number of anilines is 1. The number of ketones is 1. The Morgan fingerprint density at radius 1 is 1.36 bits per heavy atom. The molecule has 2 atom stereocenters. The van der Waals surface area contributed by atoms with Gasteiger partial charge >= 0.3 is 5.97 Å². The van der Waals surface area contributed by atoms with Gasteiger partial charge in [0.05, 0.1) is 22.3 Å². The highest BCUT2D eigenvalue weighted by atomic mass is 79.9. The average Bonchev–Trinajstić information content (AvgIpc) is 2.67. The van der Waals surface area contributed by atoms with Gasteiger partial charge in [-0.05, 0) is 65.8 Å². The number of hydrogen-bond donors (Lipinski definition) is 0. The molecule has 0 radical (unpaired) electrons. The van der Waals surface area contributed by atoms with Crippen LogP contribution in [-0.4, -0.2) is 36.4 Å². The van der Waals surface area contributed by atoms with Crippen LogP contribution in [0, 0.1) is 17.3 Å². The van der Waals surface area contributed by atoms with Crippen molar-refractivity contribution in [2.45, 2.75) is 52.9 Å². The van der Waals surface area contributed by atoms with Crippen LogP contribution in [0.25, 0.3) is 0 Å². The summed E-state index contributed by atoms with van der Waals surface area (Å²) in [7, 11) is 0. The molecule has 0 bridgehead atoms. The van der Waals surface area contributed by atoms with Gasteiger partial charge < -0.3 is 9.64 Å². The molecule has 3 rings (SSSR count). The van der Waals surface area contributed by atoms with Crippen LogP contribution in [0.1, 0.15) is 63.2 Å². The van der Waals surface area contributed by atoms with E-state index in [-0.39, 0.29) is 17.3 Å². The van der Waals surface area contributed by atoms with Crippen molar-refractivity contribution in [3.05, 3.63) is 21.4 Å². The number of aromatic nitrogens is 1. The molecule has 1 saturated heterocycles. The van der Waals surface area contributed by atoms with Crippen LogP contribution >= 0.6 is 27.5 Å². The second-order valence-corrected chi connectivity index (χ2v) is 9.70.